The normalized spacial score (nSPS) is 17.2. The zero-order valence-corrected chi connectivity index (χ0v) is 14.4. The molecule has 20 heavy (non-hydrogen) atoms. The van der Waals surface area contributed by atoms with Crippen LogP contribution in [0.15, 0.2) is 0 Å². The van der Waals surface area contributed by atoms with Gasteiger partial charge in [-0.15, -0.1) is 0 Å². The van der Waals surface area contributed by atoms with Crippen LogP contribution in [0.5, 0.6) is 0 Å². The summed E-state index contributed by atoms with van der Waals surface area (Å²) in [5.41, 5.74) is 0.453. The van der Waals surface area contributed by atoms with Crippen LogP contribution >= 0.6 is 0 Å². The van der Waals surface area contributed by atoms with Crippen molar-refractivity contribution < 1.29 is 0 Å². The molecule has 0 aromatic rings. The molecular formula is C17H37N3. The minimum absolute atomic E-state index is 0.453. The number of likely N-dealkylation sites (tertiary alicyclic amines) is 1. The molecule has 0 spiro atoms. The van der Waals surface area contributed by atoms with Gasteiger partial charge in [0.2, 0.25) is 0 Å². The Labute approximate surface area is 127 Å². The summed E-state index contributed by atoms with van der Waals surface area (Å²) in [4.78, 5) is 5.17. The highest BCUT2D eigenvalue weighted by Gasteiger charge is 2.27. The molecule has 1 fully saturated rings. The lowest BCUT2D eigenvalue weighted by Crippen LogP contribution is -2.44. The van der Waals surface area contributed by atoms with Crippen molar-refractivity contribution in [3.05, 3.63) is 0 Å². The molecule has 1 rings (SSSR count). The third-order valence-corrected chi connectivity index (χ3v) is 5.03. The molecule has 0 amide bonds. The van der Waals surface area contributed by atoms with E-state index in [0.717, 1.165) is 6.54 Å². The van der Waals surface area contributed by atoms with Gasteiger partial charge in [-0.1, -0.05) is 20.8 Å². The zero-order valence-electron chi connectivity index (χ0n) is 14.4. The van der Waals surface area contributed by atoms with Crippen molar-refractivity contribution in [3.63, 3.8) is 0 Å². The van der Waals surface area contributed by atoms with E-state index in [1.165, 1.54) is 71.4 Å². The number of rotatable bonds is 11. The van der Waals surface area contributed by atoms with Gasteiger partial charge < -0.3 is 15.1 Å². The highest BCUT2D eigenvalue weighted by molar-refractivity contribution is 4.82. The van der Waals surface area contributed by atoms with E-state index in [9.17, 15) is 0 Å². The maximum Gasteiger partial charge on any atom is 0.0109 e. The van der Waals surface area contributed by atoms with Crippen LogP contribution in [0.2, 0.25) is 0 Å². The first kappa shape index (κ1) is 17.9. The van der Waals surface area contributed by atoms with Gasteiger partial charge in [-0.25, -0.2) is 0 Å². The van der Waals surface area contributed by atoms with Crippen molar-refractivity contribution in [2.24, 2.45) is 5.41 Å². The van der Waals surface area contributed by atoms with E-state index in [4.69, 9.17) is 0 Å². The van der Waals surface area contributed by atoms with Crippen LogP contribution < -0.4 is 5.32 Å². The van der Waals surface area contributed by atoms with Crippen LogP contribution in [0.4, 0.5) is 0 Å². The molecule has 0 unspecified atom stereocenters. The van der Waals surface area contributed by atoms with E-state index in [1.54, 1.807) is 0 Å². The molecule has 0 aliphatic carbocycles. The standard InChI is InChI=1S/C17H37N3/c1-5-10-18-15-17(6-2,7-3)16-19(4)13-14-20-11-8-9-12-20/h18H,5-16H2,1-4H3. The van der Waals surface area contributed by atoms with E-state index in [2.05, 4.69) is 42.9 Å². The molecule has 0 aromatic carbocycles. The summed E-state index contributed by atoms with van der Waals surface area (Å²) in [6.45, 7) is 15.6. The van der Waals surface area contributed by atoms with Gasteiger partial charge in [0, 0.05) is 26.2 Å². The minimum atomic E-state index is 0.453. The highest BCUT2D eigenvalue weighted by atomic mass is 15.2. The summed E-state index contributed by atoms with van der Waals surface area (Å²) in [5, 5.41) is 3.64. The van der Waals surface area contributed by atoms with Crippen molar-refractivity contribution in [1.29, 1.82) is 0 Å². The minimum Gasteiger partial charge on any atom is -0.316 e. The van der Waals surface area contributed by atoms with Gasteiger partial charge in [0.05, 0.1) is 0 Å². The van der Waals surface area contributed by atoms with Crippen molar-refractivity contribution in [3.8, 4) is 0 Å². The molecule has 1 aliphatic rings. The maximum absolute atomic E-state index is 3.64. The average Bonchev–Trinajstić information content (AvgIpc) is 2.97. The summed E-state index contributed by atoms with van der Waals surface area (Å²) in [6, 6.07) is 0. The monoisotopic (exact) mass is 283 g/mol. The number of likely N-dealkylation sites (N-methyl/N-ethyl adjacent to an activating group) is 1. The van der Waals surface area contributed by atoms with E-state index < -0.39 is 0 Å². The summed E-state index contributed by atoms with van der Waals surface area (Å²) in [7, 11) is 2.30. The number of hydrogen-bond donors (Lipinski definition) is 1. The molecule has 1 N–H and O–H groups in total. The van der Waals surface area contributed by atoms with Crippen LogP contribution in [0.25, 0.3) is 0 Å². The first-order valence-electron chi connectivity index (χ1n) is 8.77. The molecular weight excluding hydrogens is 246 g/mol. The van der Waals surface area contributed by atoms with Gasteiger partial charge in [-0.2, -0.15) is 0 Å². The van der Waals surface area contributed by atoms with E-state index in [-0.39, 0.29) is 0 Å². The number of nitrogens with one attached hydrogen (secondary N) is 1. The molecule has 0 saturated carbocycles. The lowest BCUT2D eigenvalue weighted by molar-refractivity contribution is 0.145. The Hall–Kier alpha value is -0.120. The predicted octanol–water partition coefficient (Wildman–Crippen LogP) is 2.82. The Bertz CT molecular complexity index is 232. The second-order valence-electron chi connectivity index (χ2n) is 6.67. The molecule has 1 heterocycles. The van der Waals surface area contributed by atoms with Gasteiger partial charge in [-0.3, -0.25) is 0 Å². The summed E-state index contributed by atoms with van der Waals surface area (Å²) in [6.07, 6.45) is 6.58. The quantitative estimate of drug-likeness (QED) is 0.588. The molecule has 3 nitrogen and oxygen atoms in total. The van der Waals surface area contributed by atoms with Gasteiger partial charge in [0.1, 0.15) is 0 Å². The Morgan fingerprint density at radius 3 is 2.30 bits per heavy atom. The van der Waals surface area contributed by atoms with Gasteiger partial charge in [0.15, 0.2) is 0 Å². The fraction of sp³-hybridized carbons (Fsp3) is 1.00. The molecule has 0 atom stereocenters. The van der Waals surface area contributed by atoms with Gasteiger partial charge >= 0.3 is 0 Å². The molecule has 0 aromatic heterocycles. The lowest BCUT2D eigenvalue weighted by Gasteiger charge is -2.36. The predicted molar refractivity (Wildman–Crippen MR) is 89.3 cm³/mol. The van der Waals surface area contributed by atoms with E-state index in [1.807, 2.05) is 0 Å². The largest absolute Gasteiger partial charge is 0.316 e. The average molecular weight is 284 g/mol. The number of hydrogen-bond acceptors (Lipinski definition) is 3. The molecule has 0 radical (unpaired) electrons. The van der Waals surface area contributed by atoms with Crippen LogP contribution in [0, 0.1) is 5.41 Å². The first-order valence-corrected chi connectivity index (χ1v) is 8.77. The Morgan fingerprint density at radius 2 is 1.75 bits per heavy atom. The first-order chi connectivity index (χ1) is 9.65. The van der Waals surface area contributed by atoms with Crippen LogP contribution in [0.1, 0.15) is 52.9 Å². The van der Waals surface area contributed by atoms with Crippen molar-refractivity contribution in [2.75, 3.05) is 52.9 Å². The lowest BCUT2D eigenvalue weighted by atomic mass is 9.81. The molecule has 3 heteroatoms. The fourth-order valence-corrected chi connectivity index (χ4v) is 3.28. The SMILES string of the molecule is CCCNCC(CC)(CC)CN(C)CCN1CCCC1. The Balaban J connectivity index is 2.33. The van der Waals surface area contributed by atoms with Gasteiger partial charge in [-0.05, 0) is 64.2 Å². The summed E-state index contributed by atoms with van der Waals surface area (Å²) >= 11 is 0. The maximum atomic E-state index is 3.64. The Kier molecular flexibility index (Phi) is 8.74. The Morgan fingerprint density at radius 1 is 1.10 bits per heavy atom. The van der Waals surface area contributed by atoms with Crippen molar-refractivity contribution in [2.45, 2.75) is 52.9 Å². The van der Waals surface area contributed by atoms with E-state index >= 15 is 0 Å². The molecule has 1 aliphatic heterocycles. The van der Waals surface area contributed by atoms with Crippen molar-refractivity contribution in [1.82, 2.24) is 15.1 Å². The van der Waals surface area contributed by atoms with Gasteiger partial charge in [0.25, 0.3) is 0 Å². The third-order valence-electron chi connectivity index (χ3n) is 5.03. The van der Waals surface area contributed by atoms with E-state index in [0.29, 0.717) is 5.41 Å². The summed E-state index contributed by atoms with van der Waals surface area (Å²) < 4.78 is 0. The molecule has 0 bridgehead atoms. The second-order valence-corrected chi connectivity index (χ2v) is 6.67. The zero-order chi connectivity index (χ0) is 14.8. The van der Waals surface area contributed by atoms with Crippen molar-refractivity contribution >= 4 is 0 Å². The smallest absolute Gasteiger partial charge is 0.0109 e. The van der Waals surface area contributed by atoms with Crippen LogP contribution in [-0.2, 0) is 0 Å². The fourth-order valence-electron chi connectivity index (χ4n) is 3.28. The summed E-state index contributed by atoms with van der Waals surface area (Å²) in [5.74, 6) is 0. The topological polar surface area (TPSA) is 18.5 Å². The number of nitrogens with zero attached hydrogens (tertiary/aromatic N) is 2. The molecule has 1 saturated heterocycles. The second kappa shape index (κ2) is 9.75. The molecule has 120 valence electrons. The highest BCUT2D eigenvalue weighted by Crippen LogP contribution is 2.26. The third kappa shape index (κ3) is 6.11. The van der Waals surface area contributed by atoms with Crippen LogP contribution in [0.3, 0.4) is 0 Å². The van der Waals surface area contributed by atoms with Crippen LogP contribution in [-0.4, -0.2) is 62.7 Å².